The molecule has 1 saturated heterocycles. The zero-order valence-corrected chi connectivity index (χ0v) is 14.0. The first-order chi connectivity index (χ1) is 10.6. The van der Waals surface area contributed by atoms with Crippen LogP contribution in [-0.2, 0) is 21.2 Å². The minimum Gasteiger partial charge on any atom is -0.379 e. The molecular weight excluding hydrogens is 300 g/mol. The van der Waals surface area contributed by atoms with E-state index in [0.29, 0.717) is 18.9 Å². The summed E-state index contributed by atoms with van der Waals surface area (Å²) in [6, 6.07) is 9.70. The third kappa shape index (κ3) is 6.44. The van der Waals surface area contributed by atoms with Crippen molar-refractivity contribution >= 4 is 10.0 Å². The lowest BCUT2D eigenvalue weighted by molar-refractivity contribution is 0.0321. The predicted molar refractivity (Wildman–Crippen MR) is 88.4 cm³/mol. The number of rotatable bonds is 8. The van der Waals surface area contributed by atoms with E-state index in [0.717, 1.165) is 38.4 Å². The summed E-state index contributed by atoms with van der Waals surface area (Å²) in [4.78, 5) is 2.33. The Balaban J connectivity index is 1.69. The maximum atomic E-state index is 12.1. The van der Waals surface area contributed by atoms with Gasteiger partial charge in [0.25, 0.3) is 0 Å². The summed E-state index contributed by atoms with van der Waals surface area (Å²) in [6.07, 6.45) is 0.550. The molecule has 1 heterocycles. The molecule has 0 spiro atoms. The molecule has 1 fully saturated rings. The summed E-state index contributed by atoms with van der Waals surface area (Å²) in [7, 11) is -3.21. The first-order valence-electron chi connectivity index (χ1n) is 7.86. The number of hydrogen-bond donors (Lipinski definition) is 1. The minimum absolute atomic E-state index is 0.140. The van der Waals surface area contributed by atoms with Crippen LogP contribution in [0.3, 0.4) is 0 Å². The SMILES string of the molecule is CC(CNS(=O)(=O)CCc1ccccc1)CN1CCOCC1. The molecule has 0 saturated carbocycles. The Bertz CT molecular complexity index is 528. The van der Waals surface area contributed by atoms with E-state index in [2.05, 4.69) is 16.5 Å². The van der Waals surface area contributed by atoms with E-state index in [9.17, 15) is 8.42 Å². The molecule has 0 bridgehead atoms. The van der Waals surface area contributed by atoms with Crippen LogP contribution in [-0.4, -0.2) is 58.5 Å². The van der Waals surface area contributed by atoms with Crippen LogP contribution in [0.25, 0.3) is 0 Å². The van der Waals surface area contributed by atoms with E-state index in [1.807, 2.05) is 30.3 Å². The molecule has 2 rings (SSSR count). The first kappa shape index (κ1) is 17.4. The molecule has 1 aromatic carbocycles. The number of hydrogen-bond acceptors (Lipinski definition) is 4. The van der Waals surface area contributed by atoms with Crippen molar-refractivity contribution in [3.63, 3.8) is 0 Å². The van der Waals surface area contributed by atoms with Gasteiger partial charge in [-0.3, -0.25) is 4.90 Å². The van der Waals surface area contributed by atoms with Crippen LogP contribution < -0.4 is 4.72 Å². The van der Waals surface area contributed by atoms with Crippen molar-refractivity contribution in [3.8, 4) is 0 Å². The summed E-state index contributed by atoms with van der Waals surface area (Å²) < 4.78 is 32.2. The van der Waals surface area contributed by atoms with Gasteiger partial charge in [-0.1, -0.05) is 37.3 Å². The molecule has 1 N–H and O–H groups in total. The second-order valence-corrected chi connectivity index (χ2v) is 7.85. The van der Waals surface area contributed by atoms with Crippen LogP contribution >= 0.6 is 0 Å². The fourth-order valence-corrected chi connectivity index (χ4v) is 3.71. The molecule has 0 aromatic heterocycles. The Morgan fingerprint density at radius 1 is 1.23 bits per heavy atom. The molecule has 6 heteroatoms. The van der Waals surface area contributed by atoms with E-state index in [1.165, 1.54) is 0 Å². The zero-order valence-electron chi connectivity index (χ0n) is 13.2. The second-order valence-electron chi connectivity index (χ2n) is 5.92. The lowest BCUT2D eigenvalue weighted by Gasteiger charge is -2.29. The van der Waals surface area contributed by atoms with E-state index in [-0.39, 0.29) is 5.75 Å². The number of morpholine rings is 1. The standard InChI is InChI=1S/C16H26N2O3S/c1-15(14-18-8-10-21-11-9-18)13-17-22(19,20)12-7-16-5-3-2-4-6-16/h2-6,15,17H,7-14H2,1H3. The van der Waals surface area contributed by atoms with Crippen LogP contribution in [0.15, 0.2) is 30.3 Å². The molecule has 0 radical (unpaired) electrons. The van der Waals surface area contributed by atoms with Gasteiger partial charge >= 0.3 is 0 Å². The fraction of sp³-hybridized carbons (Fsp3) is 0.625. The Hall–Kier alpha value is -0.950. The first-order valence-corrected chi connectivity index (χ1v) is 9.52. The van der Waals surface area contributed by atoms with Gasteiger partial charge < -0.3 is 4.74 Å². The van der Waals surface area contributed by atoms with Gasteiger partial charge in [-0.2, -0.15) is 0 Å². The van der Waals surface area contributed by atoms with Crippen molar-refractivity contribution in [2.75, 3.05) is 45.1 Å². The topological polar surface area (TPSA) is 58.6 Å². The van der Waals surface area contributed by atoms with Crippen LogP contribution in [0.4, 0.5) is 0 Å². The van der Waals surface area contributed by atoms with Crippen molar-refractivity contribution in [1.29, 1.82) is 0 Å². The average molecular weight is 326 g/mol. The van der Waals surface area contributed by atoms with Gasteiger partial charge in [-0.25, -0.2) is 13.1 Å². The number of sulfonamides is 1. The molecule has 1 aliphatic heterocycles. The lowest BCUT2D eigenvalue weighted by Crippen LogP contribution is -2.41. The summed E-state index contributed by atoms with van der Waals surface area (Å²) in [6.45, 7) is 6.90. The van der Waals surface area contributed by atoms with Crippen LogP contribution in [0, 0.1) is 5.92 Å². The zero-order chi connectivity index (χ0) is 15.8. The summed E-state index contributed by atoms with van der Waals surface area (Å²) in [5.74, 6) is 0.436. The van der Waals surface area contributed by atoms with Crippen molar-refractivity contribution in [2.24, 2.45) is 5.92 Å². The Kier molecular flexibility index (Phi) is 6.82. The highest BCUT2D eigenvalue weighted by molar-refractivity contribution is 7.89. The highest BCUT2D eigenvalue weighted by Gasteiger charge is 2.16. The molecule has 0 aliphatic carbocycles. The predicted octanol–water partition coefficient (Wildman–Crippen LogP) is 1.12. The van der Waals surface area contributed by atoms with Crippen molar-refractivity contribution < 1.29 is 13.2 Å². The largest absolute Gasteiger partial charge is 0.379 e. The number of nitrogens with zero attached hydrogens (tertiary/aromatic N) is 1. The summed E-state index contributed by atoms with van der Waals surface area (Å²) in [5, 5.41) is 0. The highest BCUT2D eigenvalue weighted by Crippen LogP contribution is 2.04. The van der Waals surface area contributed by atoms with Crippen LogP contribution in [0.1, 0.15) is 12.5 Å². The molecule has 1 unspecified atom stereocenters. The Morgan fingerprint density at radius 3 is 2.59 bits per heavy atom. The fourth-order valence-electron chi connectivity index (χ4n) is 2.53. The van der Waals surface area contributed by atoms with E-state index in [1.54, 1.807) is 0 Å². The molecule has 1 aliphatic rings. The maximum Gasteiger partial charge on any atom is 0.211 e. The van der Waals surface area contributed by atoms with Crippen molar-refractivity contribution in [3.05, 3.63) is 35.9 Å². The van der Waals surface area contributed by atoms with Gasteiger partial charge in [0, 0.05) is 26.2 Å². The molecule has 22 heavy (non-hydrogen) atoms. The third-order valence-electron chi connectivity index (χ3n) is 3.83. The Labute approximate surface area is 133 Å². The normalized spacial score (nSPS) is 18.2. The smallest absolute Gasteiger partial charge is 0.211 e. The lowest BCUT2D eigenvalue weighted by atomic mass is 10.1. The molecule has 1 aromatic rings. The molecule has 0 amide bonds. The van der Waals surface area contributed by atoms with Gasteiger partial charge in [0.2, 0.25) is 10.0 Å². The van der Waals surface area contributed by atoms with Gasteiger partial charge in [-0.05, 0) is 17.9 Å². The monoisotopic (exact) mass is 326 g/mol. The quantitative estimate of drug-likeness (QED) is 0.778. The molecule has 124 valence electrons. The van der Waals surface area contributed by atoms with E-state index < -0.39 is 10.0 Å². The van der Waals surface area contributed by atoms with E-state index in [4.69, 9.17) is 4.74 Å². The number of benzene rings is 1. The van der Waals surface area contributed by atoms with E-state index >= 15 is 0 Å². The molecule has 5 nitrogen and oxygen atoms in total. The van der Waals surface area contributed by atoms with Gasteiger partial charge in [0.15, 0.2) is 0 Å². The van der Waals surface area contributed by atoms with Gasteiger partial charge in [0.05, 0.1) is 19.0 Å². The third-order valence-corrected chi connectivity index (χ3v) is 5.18. The summed E-state index contributed by atoms with van der Waals surface area (Å²) in [5.41, 5.74) is 1.05. The van der Waals surface area contributed by atoms with Gasteiger partial charge in [0.1, 0.15) is 0 Å². The Morgan fingerprint density at radius 2 is 1.91 bits per heavy atom. The maximum absolute atomic E-state index is 12.1. The minimum atomic E-state index is -3.21. The molecule has 1 atom stereocenters. The van der Waals surface area contributed by atoms with Crippen molar-refractivity contribution in [1.82, 2.24) is 9.62 Å². The number of ether oxygens (including phenoxy) is 1. The number of aryl methyl sites for hydroxylation is 1. The van der Waals surface area contributed by atoms with Crippen molar-refractivity contribution in [2.45, 2.75) is 13.3 Å². The molecular formula is C16H26N2O3S. The number of nitrogens with one attached hydrogen (secondary N) is 1. The van der Waals surface area contributed by atoms with Gasteiger partial charge in [-0.15, -0.1) is 0 Å². The van der Waals surface area contributed by atoms with Crippen LogP contribution in [0.5, 0.6) is 0 Å². The second kappa shape index (κ2) is 8.62. The summed E-state index contributed by atoms with van der Waals surface area (Å²) >= 11 is 0. The average Bonchev–Trinajstić information content (AvgIpc) is 2.53. The highest BCUT2D eigenvalue weighted by atomic mass is 32.2. The van der Waals surface area contributed by atoms with Crippen LogP contribution in [0.2, 0.25) is 0 Å².